The number of ether oxygens (including phenoxy) is 1. The molecule has 3 heteroatoms. The predicted molar refractivity (Wildman–Crippen MR) is 76.7 cm³/mol. The standard InChI is InChI=1S/C14H22BrNO/c1-4-7-16-10-11(2)8-12-9-13(15)5-6-14(12)17-3/h5-6,9,11,16H,4,7-8,10H2,1-3H3. The van der Waals surface area contributed by atoms with Gasteiger partial charge in [-0.05, 0) is 55.6 Å². The summed E-state index contributed by atoms with van der Waals surface area (Å²) in [5.74, 6) is 1.60. The number of methoxy groups -OCH3 is 1. The van der Waals surface area contributed by atoms with E-state index < -0.39 is 0 Å². The molecule has 1 N–H and O–H groups in total. The van der Waals surface area contributed by atoms with Gasteiger partial charge in [-0.15, -0.1) is 0 Å². The van der Waals surface area contributed by atoms with Crippen LogP contribution in [-0.4, -0.2) is 20.2 Å². The van der Waals surface area contributed by atoms with E-state index in [9.17, 15) is 0 Å². The Kier molecular flexibility index (Phi) is 6.60. The molecule has 0 saturated heterocycles. The predicted octanol–water partition coefficient (Wildman–Crippen LogP) is 3.64. The van der Waals surface area contributed by atoms with Crippen molar-refractivity contribution in [1.29, 1.82) is 0 Å². The Hall–Kier alpha value is -0.540. The summed E-state index contributed by atoms with van der Waals surface area (Å²) in [6, 6.07) is 6.18. The molecule has 0 amide bonds. The van der Waals surface area contributed by atoms with Crippen molar-refractivity contribution in [2.45, 2.75) is 26.7 Å². The van der Waals surface area contributed by atoms with E-state index in [0.717, 1.165) is 29.7 Å². The number of hydrogen-bond acceptors (Lipinski definition) is 2. The first-order chi connectivity index (χ1) is 8.17. The second kappa shape index (κ2) is 7.72. The van der Waals surface area contributed by atoms with E-state index >= 15 is 0 Å². The van der Waals surface area contributed by atoms with Crippen molar-refractivity contribution < 1.29 is 4.74 Å². The SMILES string of the molecule is CCCNCC(C)Cc1cc(Br)ccc1OC. The van der Waals surface area contributed by atoms with Crippen LogP contribution in [0.2, 0.25) is 0 Å². The van der Waals surface area contributed by atoms with Gasteiger partial charge < -0.3 is 10.1 Å². The Morgan fingerprint density at radius 2 is 2.18 bits per heavy atom. The van der Waals surface area contributed by atoms with Gasteiger partial charge in [0.25, 0.3) is 0 Å². The first kappa shape index (κ1) is 14.5. The monoisotopic (exact) mass is 299 g/mol. The quantitative estimate of drug-likeness (QED) is 0.776. The average Bonchev–Trinajstić information content (AvgIpc) is 2.29. The van der Waals surface area contributed by atoms with Crippen LogP contribution in [-0.2, 0) is 6.42 Å². The molecule has 0 bridgehead atoms. The molecule has 17 heavy (non-hydrogen) atoms. The molecule has 1 rings (SSSR count). The third-order valence-electron chi connectivity index (χ3n) is 2.73. The molecule has 2 nitrogen and oxygen atoms in total. The lowest BCUT2D eigenvalue weighted by Gasteiger charge is -2.15. The van der Waals surface area contributed by atoms with E-state index in [1.54, 1.807) is 7.11 Å². The average molecular weight is 300 g/mol. The zero-order valence-electron chi connectivity index (χ0n) is 10.9. The topological polar surface area (TPSA) is 21.3 Å². The molecule has 96 valence electrons. The summed E-state index contributed by atoms with van der Waals surface area (Å²) in [4.78, 5) is 0. The van der Waals surface area contributed by atoms with Gasteiger partial charge in [0.15, 0.2) is 0 Å². The molecule has 0 radical (unpaired) electrons. The molecule has 0 aliphatic heterocycles. The van der Waals surface area contributed by atoms with Crippen LogP contribution in [0.25, 0.3) is 0 Å². The summed E-state index contributed by atoms with van der Waals surface area (Å²) >= 11 is 3.51. The zero-order chi connectivity index (χ0) is 12.7. The van der Waals surface area contributed by atoms with E-state index in [-0.39, 0.29) is 0 Å². The summed E-state index contributed by atoms with van der Waals surface area (Å²) in [5.41, 5.74) is 1.27. The molecule has 1 atom stereocenters. The highest BCUT2D eigenvalue weighted by molar-refractivity contribution is 9.10. The smallest absolute Gasteiger partial charge is 0.122 e. The Labute approximate surface area is 113 Å². The lowest BCUT2D eigenvalue weighted by Crippen LogP contribution is -2.23. The van der Waals surface area contributed by atoms with E-state index in [0.29, 0.717) is 5.92 Å². The minimum Gasteiger partial charge on any atom is -0.496 e. The summed E-state index contributed by atoms with van der Waals surface area (Å²) < 4.78 is 6.50. The van der Waals surface area contributed by atoms with Crippen molar-refractivity contribution in [1.82, 2.24) is 5.32 Å². The fourth-order valence-corrected chi connectivity index (χ4v) is 2.29. The summed E-state index contributed by atoms with van der Waals surface area (Å²) in [6.45, 7) is 6.61. The van der Waals surface area contributed by atoms with Gasteiger partial charge in [0, 0.05) is 4.47 Å². The number of rotatable bonds is 7. The maximum atomic E-state index is 5.39. The first-order valence-corrected chi connectivity index (χ1v) is 6.99. The lowest BCUT2D eigenvalue weighted by molar-refractivity contribution is 0.404. The fourth-order valence-electron chi connectivity index (χ4n) is 1.88. The largest absolute Gasteiger partial charge is 0.496 e. The third kappa shape index (κ3) is 5.09. The highest BCUT2D eigenvalue weighted by Gasteiger charge is 2.08. The number of halogens is 1. The Bertz CT molecular complexity index is 341. The zero-order valence-corrected chi connectivity index (χ0v) is 12.5. The van der Waals surface area contributed by atoms with Crippen molar-refractivity contribution in [3.63, 3.8) is 0 Å². The highest BCUT2D eigenvalue weighted by atomic mass is 79.9. The normalized spacial score (nSPS) is 12.5. The van der Waals surface area contributed by atoms with Gasteiger partial charge in [-0.25, -0.2) is 0 Å². The summed E-state index contributed by atoms with van der Waals surface area (Å²) in [6.07, 6.45) is 2.23. The van der Waals surface area contributed by atoms with Crippen LogP contribution < -0.4 is 10.1 Å². The maximum Gasteiger partial charge on any atom is 0.122 e. The van der Waals surface area contributed by atoms with Gasteiger partial charge >= 0.3 is 0 Å². The molecule has 1 aromatic rings. The van der Waals surface area contributed by atoms with Gasteiger partial charge in [0.2, 0.25) is 0 Å². The van der Waals surface area contributed by atoms with Gasteiger partial charge in [-0.3, -0.25) is 0 Å². The summed E-state index contributed by atoms with van der Waals surface area (Å²) in [5, 5.41) is 3.45. The minimum absolute atomic E-state index is 0.616. The van der Waals surface area contributed by atoms with E-state index in [1.807, 2.05) is 12.1 Å². The second-order valence-electron chi connectivity index (χ2n) is 4.47. The molecule has 0 spiro atoms. The molecule has 0 saturated carbocycles. The molecular formula is C14H22BrNO. The molecular weight excluding hydrogens is 278 g/mol. The fraction of sp³-hybridized carbons (Fsp3) is 0.571. The molecule has 1 unspecified atom stereocenters. The second-order valence-corrected chi connectivity index (χ2v) is 5.39. The van der Waals surface area contributed by atoms with Crippen molar-refractivity contribution in [3.05, 3.63) is 28.2 Å². The van der Waals surface area contributed by atoms with Gasteiger partial charge in [0.1, 0.15) is 5.75 Å². The molecule has 0 aromatic heterocycles. The Balaban J connectivity index is 2.57. The number of nitrogens with one attached hydrogen (secondary N) is 1. The van der Waals surface area contributed by atoms with E-state index in [4.69, 9.17) is 4.74 Å². The minimum atomic E-state index is 0.616. The van der Waals surface area contributed by atoms with Crippen LogP contribution in [0.15, 0.2) is 22.7 Å². The van der Waals surface area contributed by atoms with Crippen LogP contribution in [0.1, 0.15) is 25.8 Å². The summed E-state index contributed by atoms with van der Waals surface area (Å²) in [7, 11) is 1.73. The van der Waals surface area contributed by atoms with Crippen LogP contribution >= 0.6 is 15.9 Å². The molecule has 0 aliphatic rings. The molecule has 1 aromatic carbocycles. The van der Waals surface area contributed by atoms with Gasteiger partial charge in [-0.1, -0.05) is 29.8 Å². The first-order valence-electron chi connectivity index (χ1n) is 6.20. The van der Waals surface area contributed by atoms with E-state index in [1.165, 1.54) is 12.0 Å². The Morgan fingerprint density at radius 1 is 1.41 bits per heavy atom. The molecule has 0 aliphatic carbocycles. The maximum absolute atomic E-state index is 5.39. The third-order valence-corrected chi connectivity index (χ3v) is 3.22. The molecule has 0 heterocycles. The Morgan fingerprint density at radius 3 is 2.82 bits per heavy atom. The highest BCUT2D eigenvalue weighted by Crippen LogP contribution is 2.25. The van der Waals surface area contributed by atoms with Gasteiger partial charge in [-0.2, -0.15) is 0 Å². The van der Waals surface area contributed by atoms with Crippen LogP contribution in [0.5, 0.6) is 5.75 Å². The number of benzene rings is 1. The van der Waals surface area contributed by atoms with Gasteiger partial charge in [0.05, 0.1) is 7.11 Å². The van der Waals surface area contributed by atoms with Crippen LogP contribution in [0, 0.1) is 5.92 Å². The molecule has 0 fully saturated rings. The van der Waals surface area contributed by atoms with E-state index in [2.05, 4.69) is 41.2 Å². The van der Waals surface area contributed by atoms with Crippen molar-refractivity contribution in [2.75, 3.05) is 20.2 Å². The van der Waals surface area contributed by atoms with Crippen LogP contribution in [0.3, 0.4) is 0 Å². The number of hydrogen-bond donors (Lipinski definition) is 1. The van der Waals surface area contributed by atoms with Crippen molar-refractivity contribution >= 4 is 15.9 Å². The lowest BCUT2D eigenvalue weighted by atomic mass is 10.0. The van der Waals surface area contributed by atoms with Crippen molar-refractivity contribution in [2.24, 2.45) is 5.92 Å². The van der Waals surface area contributed by atoms with Crippen molar-refractivity contribution in [3.8, 4) is 5.75 Å². The van der Waals surface area contributed by atoms with Crippen LogP contribution in [0.4, 0.5) is 0 Å².